The summed E-state index contributed by atoms with van der Waals surface area (Å²) in [6.07, 6.45) is 5.34. The van der Waals surface area contributed by atoms with Gasteiger partial charge in [0.1, 0.15) is 5.78 Å². The molecule has 3 nitrogen and oxygen atoms in total. The molecule has 3 heteroatoms. The lowest BCUT2D eigenvalue weighted by molar-refractivity contribution is -0.123. The van der Waals surface area contributed by atoms with Gasteiger partial charge in [0, 0.05) is 12.4 Å². The number of hydrogen-bond donors (Lipinski definition) is 1. The van der Waals surface area contributed by atoms with Crippen molar-refractivity contribution in [3.8, 4) is 0 Å². The van der Waals surface area contributed by atoms with Crippen LogP contribution in [0.1, 0.15) is 25.3 Å². The van der Waals surface area contributed by atoms with E-state index in [4.69, 9.17) is 0 Å². The highest BCUT2D eigenvalue weighted by molar-refractivity contribution is 5.88. The van der Waals surface area contributed by atoms with Gasteiger partial charge in [0.05, 0.1) is 5.41 Å². The molecule has 1 aromatic rings. The highest BCUT2D eigenvalue weighted by Crippen LogP contribution is 2.33. The van der Waals surface area contributed by atoms with E-state index >= 15 is 0 Å². The van der Waals surface area contributed by atoms with E-state index in [2.05, 4.69) is 10.3 Å². The third-order valence-electron chi connectivity index (χ3n) is 3.35. The summed E-state index contributed by atoms with van der Waals surface area (Å²) in [7, 11) is 0. The van der Waals surface area contributed by atoms with Crippen LogP contribution in [0, 0.1) is 0 Å². The van der Waals surface area contributed by atoms with Crippen molar-refractivity contribution in [2.45, 2.75) is 25.2 Å². The molecular weight excluding hydrogens is 188 g/mol. The van der Waals surface area contributed by atoms with Gasteiger partial charge in [0.15, 0.2) is 0 Å². The maximum atomic E-state index is 11.9. The van der Waals surface area contributed by atoms with Crippen molar-refractivity contribution >= 4 is 5.78 Å². The Morgan fingerprint density at radius 3 is 2.73 bits per heavy atom. The van der Waals surface area contributed by atoms with Crippen LogP contribution in [0.4, 0.5) is 0 Å². The molecule has 0 bridgehead atoms. The first-order valence-electron chi connectivity index (χ1n) is 5.38. The van der Waals surface area contributed by atoms with Gasteiger partial charge in [-0.05, 0) is 44.5 Å². The zero-order chi connectivity index (χ0) is 10.7. The highest BCUT2D eigenvalue weighted by Gasteiger charge is 2.38. The highest BCUT2D eigenvalue weighted by atomic mass is 16.1. The second kappa shape index (κ2) is 4.11. The minimum Gasteiger partial charge on any atom is -0.317 e. The molecule has 0 aliphatic carbocycles. The molecule has 0 aromatic carbocycles. The molecule has 1 aromatic heterocycles. The van der Waals surface area contributed by atoms with Gasteiger partial charge in [-0.1, -0.05) is 6.07 Å². The van der Waals surface area contributed by atoms with E-state index in [9.17, 15) is 4.79 Å². The van der Waals surface area contributed by atoms with Crippen molar-refractivity contribution in [1.82, 2.24) is 10.3 Å². The summed E-state index contributed by atoms with van der Waals surface area (Å²) in [5.74, 6) is 0.261. The average molecular weight is 204 g/mol. The number of hydrogen-bond acceptors (Lipinski definition) is 3. The van der Waals surface area contributed by atoms with Gasteiger partial charge in [-0.2, -0.15) is 0 Å². The van der Waals surface area contributed by atoms with Crippen LogP contribution >= 0.6 is 0 Å². The molecule has 1 N–H and O–H groups in total. The van der Waals surface area contributed by atoms with Crippen molar-refractivity contribution in [2.24, 2.45) is 0 Å². The van der Waals surface area contributed by atoms with Crippen molar-refractivity contribution < 1.29 is 4.79 Å². The topological polar surface area (TPSA) is 42.0 Å². The molecule has 1 aliphatic rings. The van der Waals surface area contributed by atoms with Crippen LogP contribution in [0.5, 0.6) is 0 Å². The second-order valence-electron chi connectivity index (χ2n) is 4.13. The minimum absolute atomic E-state index is 0.261. The molecule has 0 radical (unpaired) electrons. The van der Waals surface area contributed by atoms with E-state index in [-0.39, 0.29) is 11.2 Å². The second-order valence-corrected chi connectivity index (χ2v) is 4.13. The van der Waals surface area contributed by atoms with Crippen LogP contribution < -0.4 is 5.32 Å². The number of carbonyl (C=O) groups excluding carboxylic acids is 1. The van der Waals surface area contributed by atoms with E-state index in [0.29, 0.717) is 0 Å². The fourth-order valence-corrected chi connectivity index (χ4v) is 2.34. The normalized spacial score (nSPS) is 19.8. The number of nitrogens with zero attached hydrogens (tertiary/aromatic N) is 1. The third kappa shape index (κ3) is 1.79. The van der Waals surface area contributed by atoms with Gasteiger partial charge < -0.3 is 5.32 Å². The summed E-state index contributed by atoms with van der Waals surface area (Å²) >= 11 is 0. The summed E-state index contributed by atoms with van der Waals surface area (Å²) in [4.78, 5) is 16.0. The Hall–Kier alpha value is -1.22. The molecule has 80 valence electrons. The SMILES string of the molecule is CC(=O)C1(c2cccnc2)CCNCC1. The lowest BCUT2D eigenvalue weighted by Crippen LogP contribution is -2.44. The number of aromatic nitrogens is 1. The van der Waals surface area contributed by atoms with Gasteiger partial charge in [0.2, 0.25) is 0 Å². The molecule has 2 heterocycles. The van der Waals surface area contributed by atoms with Gasteiger partial charge >= 0.3 is 0 Å². The number of ketones is 1. The van der Waals surface area contributed by atoms with E-state index in [1.165, 1.54) is 0 Å². The van der Waals surface area contributed by atoms with Crippen LogP contribution in [0.25, 0.3) is 0 Å². The summed E-state index contributed by atoms with van der Waals surface area (Å²) in [5.41, 5.74) is 0.776. The Labute approximate surface area is 89.9 Å². The van der Waals surface area contributed by atoms with Crippen molar-refractivity contribution in [2.75, 3.05) is 13.1 Å². The average Bonchev–Trinajstić information content (AvgIpc) is 2.31. The minimum atomic E-state index is -0.292. The fraction of sp³-hybridized carbons (Fsp3) is 0.500. The number of rotatable bonds is 2. The van der Waals surface area contributed by atoms with Crippen molar-refractivity contribution in [3.05, 3.63) is 30.1 Å². The lowest BCUT2D eigenvalue weighted by Gasteiger charge is -2.35. The van der Waals surface area contributed by atoms with Crippen LogP contribution in [0.3, 0.4) is 0 Å². The number of nitrogens with one attached hydrogen (secondary N) is 1. The van der Waals surface area contributed by atoms with Crippen molar-refractivity contribution in [1.29, 1.82) is 0 Å². The largest absolute Gasteiger partial charge is 0.317 e. The molecule has 1 fully saturated rings. The number of piperidine rings is 1. The maximum absolute atomic E-state index is 11.9. The van der Waals surface area contributed by atoms with Gasteiger partial charge in [-0.3, -0.25) is 9.78 Å². The van der Waals surface area contributed by atoms with Gasteiger partial charge in [-0.25, -0.2) is 0 Å². The van der Waals surface area contributed by atoms with E-state index < -0.39 is 0 Å². The Morgan fingerprint density at radius 2 is 2.20 bits per heavy atom. The predicted molar refractivity (Wildman–Crippen MR) is 58.7 cm³/mol. The van der Waals surface area contributed by atoms with E-state index in [1.54, 1.807) is 13.1 Å². The standard InChI is InChI=1S/C12H16N2O/c1-10(15)12(4-7-13-8-5-12)11-3-2-6-14-9-11/h2-3,6,9,13H,4-5,7-8H2,1H3. The van der Waals surface area contributed by atoms with E-state index in [0.717, 1.165) is 31.5 Å². The molecule has 2 rings (SSSR count). The molecule has 0 saturated carbocycles. The monoisotopic (exact) mass is 204 g/mol. The molecule has 0 spiro atoms. The van der Waals surface area contributed by atoms with Crippen LogP contribution in [0.15, 0.2) is 24.5 Å². The fourth-order valence-electron chi connectivity index (χ4n) is 2.34. The molecule has 0 amide bonds. The summed E-state index contributed by atoms with van der Waals surface area (Å²) in [5, 5.41) is 3.29. The molecule has 0 unspecified atom stereocenters. The maximum Gasteiger partial charge on any atom is 0.140 e. The quantitative estimate of drug-likeness (QED) is 0.789. The smallest absolute Gasteiger partial charge is 0.140 e. The molecule has 0 atom stereocenters. The first-order chi connectivity index (χ1) is 7.26. The Bertz CT molecular complexity index is 342. The van der Waals surface area contributed by atoms with Crippen molar-refractivity contribution in [3.63, 3.8) is 0 Å². The summed E-state index contributed by atoms with van der Waals surface area (Å²) in [6.45, 7) is 3.52. The Kier molecular flexibility index (Phi) is 2.82. The zero-order valence-electron chi connectivity index (χ0n) is 8.99. The number of carbonyl (C=O) groups is 1. The summed E-state index contributed by atoms with van der Waals surface area (Å²) < 4.78 is 0. The first-order valence-corrected chi connectivity index (χ1v) is 5.38. The van der Waals surface area contributed by atoms with Crippen LogP contribution in [-0.2, 0) is 10.2 Å². The molecule has 1 aliphatic heterocycles. The Balaban J connectivity index is 2.38. The number of Topliss-reactive ketones (excluding diaryl/α,β-unsaturated/α-hetero) is 1. The predicted octanol–water partition coefficient (Wildman–Crippen LogP) is 1.29. The molecular formula is C12H16N2O. The third-order valence-corrected chi connectivity index (χ3v) is 3.35. The van der Waals surface area contributed by atoms with Gasteiger partial charge in [0.25, 0.3) is 0 Å². The van der Waals surface area contributed by atoms with Crippen LogP contribution in [0.2, 0.25) is 0 Å². The Morgan fingerprint density at radius 1 is 1.47 bits per heavy atom. The molecule has 15 heavy (non-hydrogen) atoms. The van der Waals surface area contributed by atoms with E-state index in [1.807, 2.05) is 18.3 Å². The first kappa shape index (κ1) is 10.3. The van der Waals surface area contributed by atoms with Crippen LogP contribution in [-0.4, -0.2) is 23.9 Å². The number of pyridine rings is 1. The lowest BCUT2D eigenvalue weighted by atomic mass is 9.71. The molecule has 1 saturated heterocycles. The summed E-state index contributed by atoms with van der Waals surface area (Å²) in [6, 6.07) is 3.92. The zero-order valence-corrected chi connectivity index (χ0v) is 8.99. The van der Waals surface area contributed by atoms with Gasteiger partial charge in [-0.15, -0.1) is 0 Å².